The summed E-state index contributed by atoms with van der Waals surface area (Å²) in [6.07, 6.45) is 1.48. The lowest BCUT2D eigenvalue weighted by Crippen LogP contribution is -2.40. The summed E-state index contributed by atoms with van der Waals surface area (Å²) in [5, 5.41) is 12.7. The lowest BCUT2D eigenvalue weighted by atomic mass is 9.68. The third-order valence-electron chi connectivity index (χ3n) is 4.76. The van der Waals surface area contributed by atoms with Gasteiger partial charge in [-0.1, -0.05) is 44.2 Å². The van der Waals surface area contributed by atoms with Crippen molar-refractivity contribution in [1.29, 1.82) is 0 Å². The number of carbonyl (C=O) groups is 2. The number of carbonyl (C=O) groups excluding carboxylic acids is 2. The molecule has 0 bridgehead atoms. The Kier molecular flexibility index (Phi) is 4.64. The van der Waals surface area contributed by atoms with Crippen molar-refractivity contribution in [2.75, 3.05) is 7.11 Å². The Hall–Kier alpha value is -2.95. The van der Waals surface area contributed by atoms with Crippen molar-refractivity contribution in [3.63, 3.8) is 0 Å². The quantitative estimate of drug-likeness (QED) is 0.666. The highest BCUT2D eigenvalue weighted by Crippen LogP contribution is 2.41. The largest absolute Gasteiger partial charge is 0.511 e. The molecule has 5 heteroatoms. The Labute approximate surface area is 152 Å². The molecule has 3 rings (SSSR count). The van der Waals surface area contributed by atoms with Gasteiger partial charge < -0.3 is 9.84 Å². The van der Waals surface area contributed by atoms with E-state index in [1.165, 1.54) is 13.3 Å². The topological polar surface area (TPSA) is 76.0 Å². The summed E-state index contributed by atoms with van der Waals surface area (Å²) < 4.78 is 4.80. The molecule has 1 atom stereocenters. The van der Waals surface area contributed by atoms with Gasteiger partial charge in [-0.05, 0) is 28.3 Å². The Balaban J connectivity index is 1.98. The predicted octanol–water partition coefficient (Wildman–Crippen LogP) is 4.14. The first-order valence-corrected chi connectivity index (χ1v) is 8.40. The van der Waals surface area contributed by atoms with E-state index < -0.39 is 17.3 Å². The van der Waals surface area contributed by atoms with E-state index in [0.29, 0.717) is 5.69 Å². The van der Waals surface area contributed by atoms with Crippen molar-refractivity contribution in [3.8, 4) is 0 Å². The van der Waals surface area contributed by atoms with E-state index in [1.54, 1.807) is 13.8 Å². The molecule has 1 aliphatic carbocycles. The molecule has 0 spiro atoms. The third kappa shape index (κ3) is 3.25. The molecule has 0 aliphatic heterocycles. The molecule has 1 unspecified atom stereocenters. The molecule has 0 saturated carbocycles. The fraction of sp³-hybridized carbons (Fsp3) is 0.286. The molecule has 5 nitrogen and oxygen atoms in total. The van der Waals surface area contributed by atoms with Crippen LogP contribution in [0.2, 0.25) is 0 Å². The molecule has 2 aromatic rings. The van der Waals surface area contributed by atoms with Gasteiger partial charge >= 0.3 is 5.97 Å². The van der Waals surface area contributed by atoms with Crippen LogP contribution in [0.15, 0.2) is 58.8 Å². The number of allylic oxidation sites excluding steroid dienone is 1. The van der Waals surface area contributed by atoms with Gasteiger partial charge in [0, 0.05) is 12.6 Å². The third-order valence-corrected chi connectivity index (χ3v) is 4.76. The maximum atomic E-state index is 12.4. The van der Waals surface area contributed by atoms with Gasteiger partial charge in [0.15, 0.2) is 5.78 Å². The molecule has 0 heterocycles. The minimum absolute atomic E-state index is 0.0629. The van der Waals surface area contributed by atoms with Crippen LogP contribution >= 0.6 is 0 Å². The number of aliphatic imine (C=N–C) groups is 1. The monoisotopic (exact) mass is 351 g/mol. The minimum Gasteiger partial charge on any atom is -0.511 e. The van der Waals surface area contributed by atoms with Gasteiger partial charge in [-0.25, -0.2) is 0 Å². The van der Waals surface area contributed by atoms with Crippen LogP contribution in [0.1, 0.15) is 20.3 Å². The SMILES string of the molecule is COC(=O)C1C(O)=C(C=Nc2ccc3ccccc3c2)C(=O)CC1(C)C. The highest BCUT2D eigenvalue weighted by molar-refractivity contribution is 6.16. The number of ketones is 1. The van der Waals surface area contributed by atoms with E-state index in [2.05, 4.69) is 4.99 Å². The number of nitrogens with zero attached hydrogens (tertiary/aromatic N) is 1. The molecular weight excluding hydrogens is 330 g/mol. The van der Waals surface area contributed by atoms with Gasteiger partial charge in [0.1, 0.15) is 11.7 Å². The second-order valence-electron chi connectivity index (χ2n) is 7.13. The molecule has 0 radical (unpaired) electrons. The number of aliphatic hydroxyl groups excluding tert-OH is 1. The highest BCUT2D eigenvalue weighted by Gasteiger charge is 2.46. The summed E-state index contributed by atoms with van der Waals surface area (Å²) in [5.74, 6) is -1.96. The van der Waals surface area contributed by atoms with Crippen LogP contribution in [0.5, 0.6) is 0 Å². The molecule has 2 aromatic carbocycles. The van der Waals surface area contributed by atoms with Crippen LogP contribution in [-0.4, -0.2) is 30.2 Å². The van der Waals surface area contributed by atoms with E-state index in [0.717, 1.165) is 10.8 Å². The van der Waals surface area contributed by atoms with Gasteiger partial charge in [0.2, 0.25) is 0 Å². The van der Waals surface area contributed by atoms with Crippen molar-refractivity contribution < 1.29 is 19.4 Å². The molecule has 0 aromatic heterocycles. The van der Waals surface area contributed by atoms with Crippen molar-refractivity contribution in [2.24, 2.45) is 16.3 Å². The summed E-state index contributed by atoms with van der Waals surface area (Å²) in [4.78, 5) is 28.9. The maximum Gasteiger partial charge on any atom is 0.316 e. The van der Waals surface area contributed by atoms with Crippen molar-refractivity contribution in [3.05, 3.63) is 53.8 Å². The fourth-order valence-corrected chi connectivity index (χ4v) is 3.36. The number of rotatable bonds is 3. The number of hydrogen-bond donors (Lipinski definition) is 1. The number of benzene rings is 2. The number of esters is 1. The molecular formula is C21H21NO4. The first-order valence-electron chi connectivity index (χ1n) is 8.40. The Bertz CT molecular complexity index is 940. The number of Topliss-reactive ketones (excluding diaryl/α,β-unsaturated/α-hetero) is 1. The van der Waals surface area contributed by atoms with Crippen LogP contribution < -0.4 is 0 Å². The van der Waals surface area contributed by atoms with E-state index in [-0.39, 0.29) is 23.5 Å². The van der Waals surface area contributed by atoms with Gasteiger partial charge in [-0.15, -0.1) is 0 Å². The Morgan fingerprint density at radius 2 is 1.92 bits per heavy atom. The van der Waals surface area contributed by atoms with Crippen LogP contribution in [0.4, 0.5) is 5.69 Å². The summed E-state index contributed by atoms with van der Waals surface area (Å²) in [6, 6.07) is 13.6. The number of hydrogen-bond acceptors (Lipinski definition) is 5. The van der Waals surface area contributed by atoms with Crippen LogP contribution in [0, 0.1) is 11.3 Å². The zero-order valence-corrected chi connectivity index (χ0v) is 15.0. The van der Waals surface area contributed by atoms with Gasteiger partial charge in [0.05, 0.1) is 18.4 Å². The van der Waals surface area contributed by atoms with Crippen molar-refractivity contribution >= 4 is 34.4 Å². The lowest BCUT2D eigenvalue weighted by molar-refractivity contribution is -0.150. The number of ether oxygens (including phenoxy) is 1. The van der Waals surface area contributed by atoms with Gasteiger partial charge in [-0.3, -0.25) is 14.6 Å². The lowest BCUT2D eigenvalue weighted by Gasteiger charge is -2.35. The van der Waals surface area contributed by atoms with Gasteiger partial charge in [-0.2, -0.15) is 0 Å². The van der Waals surface area contributed by atoms with Gasteiger partial charge in [0.25, 0.3) is 0 Å². The summed E-state index contributed by atoms with van der Waals surface area (Å²) in [6.45, 7) is 3.53. The first-order chi connectivity index (χ1) is 12.3. The fourth-order valence-electron chi connectivity index (χ4n) is 3.36. The molecule has 0 amide bonds. The molecule has 1 aliphatic rings. The molecule has 0 fully saturated rings. The molecule has 134 valence electrons. The van der Waals surface area contributed by atoms with E-state index >= 15 is 0 Å². The summed E-state index contributed by atoms with van der Waals surface area (Å²) >= 11 is 0. The predicted molar refractivity (Wildman–Crippen MR) is 101 cm³/mol. The standard InChI is InChI=1S/C21H21NO4/c1-21(2)11-17(23)16(19(24)18(21)20(25)26-3)12-22-15-9-8-13-6-4-5-7-14(13)10-15/h4-10,12,18,24H,11H2,1-3H3. The van der Waals surface area contributed by atoms with E-state index in [4.69, 9.17) is 4.74 Å². The number of methoxy groups -OCH3 is 1. The van der Waals surface area contributed by atoms with Crippen LogP contribution in [0.3, 0.4) is 0 Å². The maximum absolute atomic E-state index is 12.4. The highest BCUT2D eigenvalue weighted by atomic mass is 16.5. The number of aliphatic hydroxyl groups is 1. The van der Waals surface area contributed by atoms with Crippen molar-refractivity contribution in [1.82, 2.24) is 0 Å². The molecule has 0 saturated heterocycles. The van der Waals surface area contributed by atoms with Crippen molar-refractivity contribution in [2.45, 2.75) is 20.3 Å². The normalized spacial score (nSPS) is 20.0. The Morgan fingerprint density at radius 1 is 1.23 bits per heavy atom. The average molecular weight is 351 g/mol. The first kappa shape index (κ1) is 17.9. The van der Waals surface area contributed by atoms with Crippen LogP contribution in [-0.2, 0) is 14.3 Å². The second kappa shape index (κ2) is 6.75. The summed E-state index contributed by atoms with van der Waals surface area (Å²) in [7, 11) is 1.27. The smallest absolute Gasteiger partial charge is 0.316 e. The second-order valence-corrected chi connectivity index (χ2v) is 7.13. The van der Waals surface area contributed by atoms with Crippen LogP contribution in [0.25, 0.3) is 10.8 Å². The average Bonchev–Trinajstić information content (AvgIpc) is 2.60. The Morgan fingerprint density at radius 3 is 2.62 bits per heavy atom. The molecule has 1 N–H and O–H groups in total. The zero-order valence-electron chi connectivity index (χ0n) is 15.0. The zero-order chi connectivity index (χ0) is 18.9. The van der Waals surface area contributed by atoms with E-state index in [9.17, 15) is 14.7 Å². The van der Waals surface area contributed by atoms with E-state index in [1.807, 2.05) is 42.5 Å². The minimum atomic E-state index is -0.886. The summed E-state index contributed by atoms with van der Waals surface area (Å²) in [5.41, 5.74) is 0.0123. The molecule has 26 heavy (non-hydrogen) atoms. The number of fused-ring (bicyclic) bond motifs is 1.